The van der Waals surface area contributed by atoms with Crippen LogP contribution in [0.3, 0.4) is 0 Å². The number of allylic oxidation sites excluding steroid dienone is 1. The molecule has 7 nitrogen and oxygen atoms in total. The van der Waals surface area contributed by atoms with E-state index in [-0.39, 0.29) is 18.9 Å². The minimum Gasteiger partial charge on any atom is -0.457 e. The molecule has 3 heterocycles. The summed E-state index contributed by atoms with van der Waals surface area (Å²) in [6.45, 7) is 5.14. The van der Waals surface area contributed by atoms with Gasteiger partial charge in [-0.15, -0.1) is 0 Å². The van der Waals surface area contributed by atoms with Crippen LogP contribution < -0.4 is 0 Å². The lowest BCUT2D eigenvalue weighted by molar-refractivity contribution is -0.141. The van der Waals surface area contributed by atoms with Crippen molar-refractivity contribution in [2.45, 2.75) is 26.0 Å². The third-order valence-corrected chi connectivity index (χ3v) is 7.91. The number of esters is 1. The van der Waals surface area contributed by atoms with E-state index in [9.17, 15) is 9.59 Å². The summed E-state index contributed by atoms with van der Waals surface area (Å²) in [7, 11) is 2.07. The second-order valence-corrected chi connectivity index (χ2v) is 10.6. The van der Waals surface area contributed by atoms with Gasteiger partial charge in [0.05, 0.1) is 23.7 Å². The molecule has 2 aromatic carbocycles. The molecule has 0 N–H and O–H groups in total. The molecule has 5 rings (SSSR count). The Hall–Kier alpha value is -3.07. The number of fused-ring (bicyclic) bond motifs is 1. The quantitative estimate of drug-likeness (QED) is 0.493. The first kappa shape index (κ1) is 25.6. The molecule has 0 spiro atoms. The largest absolute Gasteiger partial charge is 0.457 e. The highest BCUT2D eigenvalue weighted by atomic mass is 35.5. The minimum atomic E-state index is -0.504. The fourth-order valence-corrected chi connectivity index (χ4v) is 5.91. The van der Waals surface area contributed by atoms with Crippen LogP contribution in [0.15, 0.2) is 82.0 Å². The van der Waals surface area contributed by atoms with Crippen LogP contribution in [0.25, 0.3) is 0 Å². The van der Waals surface area contributed by atoms with E-state index in [0.717, 1.165) is 35.1 Å². The van der Waals surface area contributed by atoms with E-state index in [1.54, 1.807) is 6.07 Å². The molecule has 1 amide bonds. The van der Waals surface area contributed by atoms with Crippen molar-refractivity contribution in [1.29, 1.82) is 0 Å². The molecule has 1 atom stereocenters. The molecule has 1 fully saturated rings. The number of nitrogens with zero attached hydrogens (tertiary/aromatic N) is 4. The lowest BCUT2D eigenvalue weighted by Crippen LogP contribution is -2.47. The predicted molar refractivity (Wildman–Crippen MR) is 147 cm³/mol. The molecule has 0 radical (unpaired) electrons. The summed E-state index contributed by atoms with van der Waals surface area (Å²) >= 11 is 7.85. The fraction of sp³-hybridized carbons (Fsp3) is 0.321. The second-order valence-electron chi connectivity index (χ2n) is 9.37. The SMILES string of the molecule is CC1=C(C(=O)OCc2ccccc2)[C@@H](c2cccc(Cl)c2)N2C(CC(=O)N3CCN(C)CC3)=CSC2=N1. The van der Waals surface area contributed by atoms with E-state index >= 15 is 0 Å². The Balaban J connectivity index is 1.44. The molecule has 1 saturated heterocycles. The number of amidine groups is 1. The van der Waals surface area contributed by atoms with Crippen LogP contribution in [-0.4, -0.2) is 65.0 Å². The summed E-state index contributed by atoms with van der Waals surface area (Å²) in [6.07, 6.45) is 0.234. The van der Waals surface area contributed by atoms with Gasteiger partial charge >= 0.3 is 5.97 Å². The van der Waals surface area contributed by atoms with E-state index in [2.05, 4.69) is 11.9 Å². The average Bonchev–Trinajstić information content (AvgIpc) is 3.29. The van der Waals surface area contributed by atoms with E-state index in [1.807, 2.05) is 70.7 Å². The number of carbonyl (C=O) groups excluding carboxylic acids is 2. The zero-order valence-corrected chi connectivity index (χ0v) is 22.5. The number of hydrogen-bond donors (Lipinski definition) is 0. The number of aliphatic imine (C=N–C) groups is 1. The van der Waals surface area contributed by atoms with Crippen molar-refractivity contribution < 1.29 is 14.3 Å². The van der Waals surface area contributed by atoms with Gasteiger partial charge in [0.2, 0.25) is 5.91 Å². The van der Waals surface area contributed by atoms with Gasteiger partial charge in [-0.3, -0.25) is 4.79 Å². The van der Waals surface area contributed by atoms with Crippen molar-refractivity contribution in [2.75, 3.05) is 33.2 Å². The van der Waals surface area contributed by atoms with Crippen molar-refractivity contribution in [3.05, 3.63) is 93.1 Å². The summed E-state index contributed by atoms with van der Waals surface area (Å²) in [6, 6.07) is 16.6. The number of thioether (sulfide) groups is 1. The Morgan fingerprint density at radius 2 is 1.84 bits per heavy atom. The Morgan fingerprint density at radius 1 is 1.08 bits per heavy atom. The number of halogens is 1. The number of amides is 1. The van der Waals surface area contributed by atoms with Gasteiger partial charge in [-0.25, -0.2) is 9.79 Å². The van der Waals surface area contributed by atoms with Crippen molar-refractivity contribution >= 4 is 40.4 Å². The first-order chi connectivity index (χ1) is 17.9. The number of hydrogen-bond acceptors (Lipinski definition) is 7. The highest BCUT2D eigenvalue weighted by Gasteiger charge is 2.41. The number of carbonyl (C=O) groups is 2. The van der Waals surface area contributed by atoms with Crippen molar-refractivity contribution in [2.24, 2.45) is 4.99 Å². The van der Waals surface area contributed by atoms with Gasteiger partial charge in [0, 0.05) is 36.9 Å². The third-order valence-electron chi connectivity index (χ3n) is 6.79. The molecule has 0 aromatic heterocycles. The summed E-state index contributed by atoms with van der Waals surface area (Å²) in [4.78, 5) is 37.6. The molecule has 3 aliphatic heterocycles. The Kier molecular flexibility index (Phi) is 7.69. The van der Waals surface area contributed by atoms with Crippen LogP contribution in [-0.2, 0) is 20.9 Å². The van der Waals surface area contributed by atoms with Gasteiger partial charge in [-0.2, -0.15) is 0 Å². The van der Waals surface area contributed by atoms with Crippen molar-refractivity contribution in [3.63, 3.8) is 0 Å². The molecule has 0 saturated carbocycles. The fourth-order valence-electron chi connectivity index (χ4n) is 4.75. The number of benzene rings is 2. The third kappa shape index (κ3) is 5.61. The van der Waals surface area contributed by atoms with Crippen LogP contribution in [0.2, 0.25) is 5.02 Å². The van der Waals surface area contributed by atoms with Gasteiger partial charge < -0.3 is 19.4 Å². The average molecular weight is 537 g/mol. The minimum absolute atomic E-state index is 0.0746. The maximum Gasteiger partial charge on any atom is 0.338 e. The standard InChI is InChI=1S/C28H29ClN4O3S/c1-19-25(27(35)36-17-20-7-4-3-5-8-20)26(21-9-6-10-22(29)15-21)33-23(18-37-28(33)30-19)16-24(34)32-13-11-31(2)12-14-32/h3-10,15,18,26H,11-14,16-17H2,1-2H3/t26-/m1/s1. The molecule has 0 aliphatic carbocycles. The van der Waals surface area contributed by atoms with E-state index in [1.165, 1.54) is 11.8 Å². The van der Waals surface area contributed by atoms with E-state index < -0.39 is 12.0 Å². The molecule has 0 unspecified atom stereocenters. The molecular weight excluding hydrogens is 508 g/mol. The number of likely N-dealkylation sites (N-methyl/N-ethyl adjacent to an activating group) is 1. The van der Waals surface area contributed by atoms with E-state index in [0.29, 0.717) is 29.4 Å². The lowest BCUT2D eigenvalue weighted by Gasteiger charge is -2.37. The van der Waals surface area contributed by atoms with Gasteiger partial charge in [0.15, 0.2) is 5.17 Å². The van der Waals surface area contributed by atoms with Crippen LogP contribution >= 0.6 is 23.4 Å². The maximum absolute atomic E-state index is 13.5. The molecule has 192 valence electrons. The number of piperazine rings is 1. The normalized spacial score (nSPS) is 19.9. The molecule has 2 aromatic rings. The summed E-state index contributed by atoms with van der Waals surface area (Å²) in [5.41, 5.74) is 3.61. The summed E-state index contributed by atoms with van der Waals surface area (Å²) in [5.74, 6) is -0.360. The topological polar surface area (TPSA) is 65.5 Å². The van der Waals surface area contributed by atoms with Crippen LogP contribution in [0.5, 0.6) is 0 Å². The highest BCUT2D eigenvalue weighted by Crippen LogP contribution is 2.45. The maximum atomic E-state index is 13.5. The van der Waals surface area contributed by atoms with Crippen molar-refractivity contribution in [3.8, 4) is 0 Å². The molecule has 9 heteroatoms. The monoisotopic (exact) mass is 536 g/mol. The molecule has 0 bridgehead atoms. The lowest BCUT2D eigenvalue weighted by atomic mass is 9.94. The first-order valence-corrected chi connectivity index (χ1v) is 13.5. The van der Waals surface area contributed by atoms with Crippen LogP contribution in [0.1, 0.15) is 30.5 Å². The van der Waals surface area contributed by atoms with Crippen LogP contribution in [0.4, 0.5) is 0 Å². The van der Waals surface area contributed by atoms with Gasteiger partial charge in [0.1, 0.15) is 6.61 Å². The predicted octanol–water partition coefficient (Wildman–Crippen LogP) is 4.82. The number of rotatable bonds is 6. The van der Waals surface area contributed by atoms with E-state index in [4.69, 9.17) is 21.3 Å². The van der Waals surface area contributed by atoms with Gasteiger partial charge in [-0.05, 0) is 42.6 Å². The zero-order valence-electron chi connectivity index (χ0n) is 20.9. The molecule has 3 aliphatic rings. The smallest absolute Gasteiger partial charge is 0.338 e. The second kappa shape index (κ2) is 11.1. The summed E-state index contributed by atoms with van der Waals surface area (Å²) in [5, 5.41) is 3.28. The Labute approximate surface area is 226 Å². The van der Waals surface area contributed by atoms with Gasteiger partial charge in [0.25, 0.3) is 0 Å². The zero-order chi connectivity index (χ0) is 25.9. The molecule has 37 heavy (non-hydrogen) atoms. The van der Waals surface area contributed by atoms with Gasteiger partial charge in [-0.1, -0.05) is 65.8 Å². The van der Waals surface area contributed by atoms with Crippen LogP contribution in [0, 0.1) is 0 Å². The number of ether oxygens (including phenoxy) is 1. The highest BCUT2D eigenvalue weighted by molar-refractivity contribution is 8.16. The van der Waals surface area contributed by atoms with Crippen molar-refractivity contribution in [1.82, 2.24) is 14.7 Å². The first-order valence-electron chi connectivity index (χ1n) is 12.3. The Bertz CT molecular complexity index is 1290. The molecular formula is C28H29ClN4O3S. The Morgan fingerprint density at radius 3 is 2.57 bits per heavy atom. The summed E-state index contributed by atoms with van der Waals surface area (Å²) < 4.78 is 5.76.